The monoisotopic (exact) mass is 501 g/mol. The number of anilines is 1. The first kappa shape index (κ1) is 26.0. The third kappa shape index (κ3) is 6.73. The highest BCUT2D eigenvalue weighted by Gasteiger charge is 2.51. The quantitative estimate of drug-likeness (QED) is 0.516. The van der Waals surface area contributed by atoms with Crippen molar-refractivity contribution < 1.29 is 29.0 Å². The van der Waals surface area contributed by atoms with E-state index in [1.54, 1.807) is 75.4 Å². The fourth-order valence-electron chi connectivity index (χ4n) is 4.01. The van der Waals surface area contributed by atoms with Gasteiger partial charge in [0.1, 0.15) is 11.6 Å². The van der Waals surface area contributed by atoms with Crippen LogP contribution in [0.5, 0.6) is 0 Å². The number of esters is 1. The summed E-state index contributed by atoms with van der Waals surface area (Å²) < 4.78 is 5.49. The van der Waals surface area contributed by atoms with Crippen LogP contribution in [0.15, 0.2) is 54.6 Å². The van der Waals surface area contributed by atoms with E-state index in [9.17, 15) is 24.3 Å². The number of halogens is 1. The number of carbonyl (C=O) groups excluding carboxylic acids is 3. The van der Waals surface area contributed by atoms with Crippen molar-refractivity contribution >= 4 is 41.2 Å². The Morgan fingerprint density at radius 1 is 1.06 bits per heavy atom. The van der Waals surface area contributed by atoms with E-state index >= 15 is 0 Å². The van der Waals surface area contributed by atoms with Gasteiger partial charge in [0.15, 0.2) is 0 Å². The lowest BCUT2D eigenvalue weighted by Gasteiger charge is -2.32. The van der Waals surface area contributed by atoms with Gasteiger partial charge in [-0.1, -0.05) is 41.9 Å². The maximum atomic E-state index is 13.3. The molecule has 3 N–H and O–H groups in total. The number of carboxylic acids is 1. The summed E-state index contributed by atoms with van der Waals surface area (Å²) in [5.41, 5.74) is 0.219. The Labute approximate surface area is 208 Å². The summed E-state index contributed by atoms with van der Waals surface area (Å²) in [6, 6.07) is 12.4. The van der Waals surface area contributed by atoms with Gasteiger partial charge in [-0.25, -0.2) is 9.59 Å². The average molecular weight is 502 g/mol. The van der Waals surface area contributed by atoms with Crippen molar-refractivity contribution in [1.82, 2.24) is 10.2 Å². The molecule has 3 atom stereocenters. The number of nitrogens with one attached hydrogen (secondary N) is 2. The van der Waals surface area contributed by atoms with E-state index < -0.39 is 54.0 Å². The Kier molecular flexibility index (Phi) is 8.01. The lowest BCUT2D eigenvalue weighted by Crippen LogP contribution is -2.48. The molecule has 0 radical (unpaired) electrons. The first-order valence-electron chi connectivity index (χ1n) is 11.1. The fourth-order valence-corrected chi connectivity index (χ4v) is 4.14. The van der Waals surface area contributed by atoms with Crippen LogP contribution in [0.3, 0.4) is 0 Å². The Morgan fingerprint density at radius 3 is 2.26 bits per heavy atom. The number of rotatable bonds is 6. The van der Waals surface area contributed by atoms with Crippen LogP contribution in [0.1, 0.15) is 38.8 Å². The van der Waals surface area contributed by atoms with Gasteiger partial charge in [-0.05, 0) is 57.0 Å². The minimum atomic E-state index is -1.13. The minimum absolute atomic E-state index is 0.105. The number of hydrogen-bond donors (Lipinski definition) is 3. The number of benzene rings is 2. The summed E-state index contributed by atoms with van der Waals surface area (Å²) in [4.78, 5) is 52.0. The lowest BCUT2D eigenvalue weighted by molar-refractivity contribution is -0.164. The van der Waals surface area contributed by atoms with E-state index in [4.69, 9.17) is 16.3 Å². The normalized spacial score (nSPS) is 19.7. The maximum absolute atomic E-state index is 13.3. The number of ether oxygens (including phenoxy) is 1. The molecule has 35 heavy (non-hydrogen) atoms. The molecule has 3 amide bonds. The molecule has 9 nitrogen and oxygen atoms in total. The molecule has 1 aliphatic heterocycles. The summed E-state index contributed by atoms with van der Waals surface area (Å²) in [7, 11) is 0. The Hall–Kier alpha value is -3.59. The van der Waals surface area contributed by atoms with E-state index in [1.807, 2.05) is 0 Å². The van der Waals surface area contributed by atoms with E-state index in [0.29, 0.717) is 16.3 Å². The van der Waals surface area contributed by atoms with Gasteiger partial charge in [-0.3, -0.25) is 9.59 Å². The lowest BCUT2D eigenvalue weighted by atomic mass is 9.93. The molecule has 1 heterocycles. The Balaban J connectivity index is 1.83. The van der Waals surface area contributed by atoms with Crippen LogP contribution in [0, 0.1) is 5.92 Å². The molecule has 1 aliphatic rings. The zero-order chi connectivity index (χ0) is 25.8. The number of urea groups is 1. The Morgan fingerprint density at radius 2 is 1.69 bits per heavy atom. The fraction of sp³-hybridized carbons (Fsp3) is 0.360. The van der Waals surface area contributed by atoms with Gasteiger partial charge in [0.05, 0.1) is 18.5 Å². The van der Waals surface area contributed by atoms with Crippen LogP contribution in [-0.4, -0.2) is 52.1 Å². The highest BCUT2D eigenvalue weighted by molar-refractivity contribution is 6.30. The van der Waals surface area contributed by atoms with Crippen LogP contribution in [0.4, 0.5) is 10.5 Å². The summed E-state index contributed by atoms with van der Waals surface area (Å²) >= 11 is 5.84. The second kappa shape index (κ2) is 10.8. The summed E-state index contributed by atoms with van der Waals surface area (Å²) in [5.74, 6) is -3.45. The number of amides is 3. The SMILES string of the molecule is CC(C)(C)OC(=O)C1CC(C(=O)O)C(c2ccccc2)N1C(=O)CNC(=O)Nc1ccc(Cl)cc1. The average Bonchev–Trinajstić information content (AvgIpc) is 3.20. The van der Waals surface area contributed by atoms with Crippen LogP contribution >= 0.6 is 11.6 Å². The van der Waals surface area contributed by atoms with E-state index in [-0.39, 0.29) is 6.42 Å². The summed E-state index contributed by atoms with van der Waals surface area (Å²) in [6.07, 6.45) is -0.105. The second-order valence-electron chi connectivity index (χ2n) is 9.20. The third-order valence-corrected chi connectivity index (χ3v) is 5.67. The molecule has 1 saturated heterocycles. The molecule has 3 unspecified atom stereocenters. The van der Waals surface area contributed by atoms with E-state index in [0.717, 1.165) is 0 Å². The van der Waals surface area contributed by atoms with E-state index in [1.165, 1.54) is 4.90 Å². The van der Waals surface area contributed by atoms with Crippen molar-refractivity contribution in [2.45, 2.75) is 44.9 Å². The molecule has 0 bridgehead atoms. The third-order valence-electron chi connectivity index (χ3n) is 5.42. The van der Waals surface area contributed by atoms with Crippen molar-refractivity contribution in [2.75, 3.05) is 11.9 Å². The smallest absolute Gasteiger partial charge is 0.329 e. The number of carboxylic acid groups (broad SMARTS) is 1. The first-order chi connectivity index (χ1) is 16.5. The van der Waals surface area contributed by atoms with Gasteiger partial charge in [0.2, 0.25) is 5.91 Å². The molecule has 0 aromatic heterocycles. The van der Waals surface area contributed by atoms with Gasteiger partial charge in [0, 0.05) is 10.7 Å². The molecule has 0 aliphatic carbocycles. The number of nitrogens with zero attached hydrogens (tertiary/aromatic N) is 1. The molecule has 0 spiro atoms. The van der Waals surface area contributed by atoms with Gasteiger partial charge in [-0.15, -0.1) is 0 Å². The van der Waals surface area contributed by atoms with Gasteiger partial charge < -0.3 is 25.4 Å². The van der Waals surface area contributed by atoms with Gasteiger partial charge in [0.25, 0.3) is 0 Å². The van der Waals surface area contributed by atoms with Crippen molar-refractivity contribution in [2.24, 2.45) is 5.92 Å². The van der Waals surface area contributed by atoms with Crippen molar-refractivity contribution in [3.8, 4) is 0 Å². The van der Waals surface area contributed by atoms with Crippen molar-refractivity contribution in [3.63, 3.8) is 0 Å². The van der Waals surface area contributed by atoms with Gasteiger partial charge in [-0.2, -0.15) is 0 Å². The van der Waals surface area contributed by atoms with Crippen LogP contribution in [0.2, 0.25) is 5.02 Å². The topological polar surface area (TPSA) is 125 Å². The standard InChI is InChI=1S/C25H28ClN3O6/c1-25(2,3)35-23(33)19-13-18(22(31)32)21(15-7-5-4-6-8-15)29(19)20(30)14-27-24(34)28-17-11-9-16(26)10-12-17/h4-12,18-19,21H,13-14H2,1-3H3,(H,31,32)(H2,27,28,34). The molecule has 3 rings (SSSR count). The highest BCUT2D eigenvalue weighted by atomic mass is 35.5. The number of aliphatic carboxylic acids is 1. The first-order valence-corrected chi connectivity index (χ1v) is 11.5. The number of carbonyl (C=O) groups is 4. The Bertz CT molecular complexity index is 1080. The number of likely N-dealkylation sites (tertiary alicyclic amines) is 1. The zero-order valence-electron chi connectivity index (χ0n) is 19.7. The maximum Gasteiger partial charge on any atom is 0.329 e. The molecular weight excluding hydrogens is 474 g/mol. The summed E-state index contributed by atoms with van der Waals surface area (Å²) in [5, 5.41) is 15.5. The molecule has 10 heteroatoms. The van der Waals surface area contributed by atoms with Crippen molar-refractivity contribution in [1.29, 1.82) is 0 Å². The second-order valence-corrected chi connectivity index (χ2v) is 9.64. The molecule has 0 saturated carbocycles. The molecule has 1 fully saturated rings. The predicted molar refractivity (Wildman–Crippen MR) is 130 cm³/mol. The molecule has 2 aromatic rings. The van der Waals surface area contributed by atoms with Crippen LogP contribution in [0.25, 0.3) is 0 Å². The largest absolute Gasteiger partial charge is 0.481 e. The molecule has 2 aromatic carbocycles. The van der Waals surface area contributed by atoms with Crippen LogP contribution in [-0.2, 0) is 19.1 Å². The highest BCUT2D eigenvalue weighted by Crippen LogP contribution is 2.42. The minimum Gasteiger partial charge on any atom is -0.481 e. The van der Waals surface area contributed by atoms with Gasteiger partial charge >= 0.3 is 18.0 Å². The summed E-state index contributed by atoms with van der Waals surface area (Å²) in [6.45, 7) is 4.63. The number of hydrogen-bond acceptors (Lipinski definition) is 5. The zero-order valence-corrected chi connectivity index (χ0v) is 20.4. The van der Waals surface area contributed by atoms with E-state index in [2.05, 4.69) is 10.6 Å². The molecular formula is C25H28ClN3O6. The predicted octanol–water partition coefficient (Wildman–Crippen LogP) is 3.85. The van der Waals surface area contributed by atoms with Crippen LogP contribution < -0.4 is 10.6 Å². The molecule has 186 valence electrons. The van der Waals surface area contributed by atoms with Crippen molar-refractivity contribution in [3.05, 3.63) is 65.2 Å².